The van der Waals surface area contributed by atoms with Crippen molar-refractivity contribution in [3.05, 3.63) is 59.7 Å². The molecule has 1 heterocycles. The SMILES string of the molecule is O=C(NC[C@H]1[C@@H](C(=O)N2CCOCC2C(=O)O)C1(F)F)OCC1c2ccccc2-c2ccccc21. The molecular formula is C25H24F2N2O6. The largest absolute Gasteiger partial charge is 0.480 e. The molecule has 3 atom stereocenters. The van der Waals surface area contributed by atoms with E-state index in [1.807, 2.05) is 48.5 Å². The first kappa shape index (κ1) is 23.2. The number of benzene rings is 2. The number of aliphatic carboxylic acids is 1. The predicted molar refractivity (Wildman–Crippen MR) is 119 cm³/mol. The zero-order valence-electron chi connectivity index (χ0n) is 18.7. The maximum atomic E-state index is 14.4. The Labute approximate surface area is 199 Å². The van der Waals surface area contributed by atoms with E-state index in [1.165, 1.54) is 0 Å². The number of amides is 2. The molecule has 3 aliphatic rings. The molecular weight excluding hydrogens is 462 g/mol. The fraction of sp³-hybridized carbons (Fsp3) is 0.400. The van der Waals surface area contributed by atoms with E-state index < -0.39 is 48.3 Å². The van der Waals surface area contributed by atoms with Crippen molar-refractivity contribution in [3.8, 4) is 11.1 Å². The van der Waals surface area contributed by atoms with E-state index in [-0.39, 0.29) is 32.3 Å². The summed E-state index contributed by atoms with van der Waals surface area (Å²) in [6.07, 6.45) is -0.851. The quantitative estimate of drug-likeness (QED) is 0.651. The van der Waals surface area contributed by atoms with Crippen LogP contribution in [0.25, 0.3) is 11.1 Å². The Morgan fingerprint density at radius 1 is 1.09 bits per heavy atom. The molecule has 0 radical (unpaired) electrons. The normalized spacial score (nSPS) is 24.3. The molecule has 0 bridgehead atoms. The van der Waals surface area contributed by atoms with E-state index in [9.17, 15) is 28.3 Å². The van der Waals surface area contributed by atoms with Crippen LogP contribution in [0, 0.1) is 11.8 Å². The number of carbonyl (C=O) groups excluding carboxylic acids is 2. The Hall–Kier alpha value is -3.53. The molecule has 35 heavy (non-hydrogen) atoms. The molecule has 2 aromatic rings. The number of alkyl halides is 2. The first-order valence-electron chi connectivity index (χ1n) is 11.4. The Bertz CT molecular complexity index is 1130. The van der Waals surface area contributed by atoms with Crippen LogP contribution in [0.2, 0.25) is 0 Å². The first-order valence-corrected chi connectivity index (χ1v) is 11.4. The summed E-state index contributed by atoms with van der Waals surface area (Å²) in [5.41, 5.74) is 4.19. The third kappa shape index (κ3) is 4.12. The number of fused-ring (bicyclic) bond motifs is 3. The highest BCUT2D eigenvalue weighted by Gasteiger charge is 2.72. The molecule has 1 aliphatic heterocycles. The van der Waals surface area contributed by atoms with Gasteiger partial charge in [0.1, 0.15) is 12.5 Å². The highest BCUT2D eigenvalue weighted by Crippen LogP contribution is 2.56. The standard InChI is InChI=1S/C25H24F2N2O6/c26-25(27)19(21(25)22(30)29-9-10-34-13-20(29)23(31)32)11-28-24(33)35-12-18-16-7-3-1-5-14(16)15-6-2-4-8-17(15)18/h1-8,18-21H,9-13H2,(H,28,33)(H,31,32)/t19-,20?,21-/m0/s1. The van der Waals surface area contributed by atoms with Crippen LogP contribution in [-0.4, -0.2) is 72.9 Å². The smallest absolute Gasteiger partial charge is 0.407 e. The zero-order valence-corrected chi connectivity index (χ0v) is 18.7. The minimum atomic E-state index is -3.34. The number of hydrogen-bond acceptors (Lipinski definition) is 5. The van der Waals surface area contributed by atoms with Crippen molar-refractivity contribution < 1.29 is 37.7 Å². The molecule has 5 rings (SSSR count). The number of carboxylic acids is 1. The van der Waals surface area contributed by atoms with Gasteiger partial charge in [0.05, 0.1) is 19.1 Å². The van der Waals surface area contributed by atoms with Crippen LogP contribution in [0.3, 0.4) is 0 Å². The van der Waals surface area contributed by atoms with Gasteiger partial charge in [0.2, 0.25) is 5.91 Å². The lowest BCUT2D eigenvalue weighted by molar-refractivity contribution is -0.160. The van der Waals surface area contributed by atoms with Gasteiger partial charge >= 0.3 is 12.1 Å². The Kier molecular flexibility index (Phi) is 5.92. The van der Waals surface area contributed by atoms with Gasteiger partial charge in [-0.2, -0.15) is 0 Å². The summed E-state index contributed by atoms with van der Waals surface area (Å²) in [6.45, 7) is -0.660. The van der Waals surface area contributed by atoms with Crippen molar-refractivity contribution in [2.45, 2.75) is 17.9 Å². The van der Waals surface area contributed by atoms with E-state index in [2.05, 4.69) is 5.32 Å². The number of ether oxygens (including phenoxy) is 2. The van der Waals surface area contributed by atoms with E-state index in [0.29, 0.717) is 0 Å². The molecule has 2 aromatic carbocycles. The third-order valence-electron chi connectivity index (χ3n) is 6.97. The molecule has 2 fully saturated rings. The number of halogens is 2. The number of nitrogens with zero attached hydrogens (tertiary/aromatic N) is 1. The van der Waals surface area contributed by atoms with Gasteiger partial charge in [0.15, 0.2) is 6.04 Å². The lowest BCUT2D eigenvalue weighted by Gasteiger charge is -2.33. The fourth-order valence-corrected chi connectivity index (χ4v) is 5.07. The summed E-state index contributed by atoms with van der Waals surface area (Å²) in [7, 11) is 0. The van der Waals surface area contributed by atoms with Crippen molar-refractivity contribution in [1.82, 2.24) is 10.2 Å². The topological polar surface area (TPSA) is 105 Å². The number of alkyl carbamates (subject to hydrolysis) is 1. The zero-order chi connectivity index (χ0) is 24.7. The Morgan fingerprint density at radius 2 is 1.71 bits per heavy atom. The summed E-state index contributed by atoms with van der Waals surface area (Å²) in [4.78, 5) is 37.3. The van der Waals surface area contributed by atoms with Crippen molar-refractivity contribution in [2.24, 2.45) is 11.8 Å². The Morgan fingerprint density at radius 3 is 2.34 bits per heavy atom. The second-order valence-corrected chi connectivity index (χ2v) is 8.93. The predicted octanol–water partition coefficient (Wildman–Crippen LogP) is 2.72. The maximum absolute atomic E-state index is 14.4. The van der Waals surface area contributed by atoms with Gasteiger partial charge < -0.3 is 24.8 Å². The average Bonchev–Trinajstić information content (AvgIpc) is 3.26. The molecule has 2 N–H and O–H groups in total. The van der Waals surface area contributed by atoms with Crippen molar-refractivity contribution in [2.75, 3.05) is 32.9 Å². The molecule has 2 aliphatic carbocycles. The number of nitrogens with one attached hydrogen (secondary N) is 1. The van der Waals surface area contributed by atoms with Gasteiger partial charge in [-0.3, -0.25) is 4.79 Å². The minimum absolute atomic E-state index is 0.0390. The number of hydrogen-bond donors (Lipinski definition) is 2. The van der Waals surface area contributed by atoms with Gasteiger partial charge in [0.25, 0.3) is 5.92 Å². The summed E-state index contributed by atoms with van der Waals surface area (Å²) >= 11 is 0. The van der Waals surface area contributed by atoms with Crippen LogP contribution in [0.1, 0.15) is 17.0 Å². The molecule has 184 valence electrons. The summed E-state index contributed by atoms with van der Waals surface area (Å²) in [5, 5.41) is 11.6. The number of carboxylic acid groups (broad SMARTS) is 1. The summed E-state index contributed by atoms with van der Waals surface area (Å²) in [6, 6.07) is 14.3. The molecule has 0 spiro atoms. The molecule has 0 aromatic heterocycles. The average molecular weight is 486 g/mol. The van der Waals surface area contributed by atoms with E-state index in [4.69, 9.17) is 9.47 Å². The van der Waals surface area contributed by atoms with E-state index >= 15 is 0 Å². The molecule has 1 saturated carbocycles. The number of rotatable bonds is 6. The van der Waals surface area contributed by atoms with Gasteiger partial charge in [0, 0.05) is 19.0 Å². The van der Waals surface area contributed by atoms with Gasteiger partial charge in [-0.05, 0) is 22.3 Å². The number of carbonyl (C=O) groups is 3. The second kappa shape index (κ2) is 8.92. The van der Waals surface area contributed by atoms with Crippen LogP contribution >= 0.6 is 0 Å². The lowest BCUT2D eigenvalue weighted by Crippen LogP contribution is -2.53. The molecule has 8 nitrogen and oxygen atoms in total. The number of morpholine rings is 1. The van der Waals surface area contributed by atoms with Crippen molar-refractivity contribution in [3.63, 3.8) is 0 Å². The lowest BCUT2D eigenvalue weighted by atomic mass is 9.98. The monoisotopic (exact) mass is 486 g/mol. The van der Waals surface area contributed by atoms with Crippen LogP contribution in [0.4, 0.5) is 13.6 Å². The minimum Gasteiger partial charge on any atom is -0.480 e. The van der Waals surface area contributed by atoms with Gasteiger partial charge in [-0.25, -0.2) is 18.4 Å². The van der Waals surface area contributed by atoms with Crippen molar-refractivity contribution >= 4 is 18.0 Å². The molecule has 1 unspecified atom stereocenters. The van der Waals surface area contributed by atoms with E-state index in [1.54, 1.807) is 0 Å². The summed E-state index contributed by atoms with van der Waals surface area (Å²) in [5.74, 6) is -8.86. The van der Waals surface area contributed by atoms with Crippen LogP contribution in [0.5, 0.6) is 0 Å². The Balaban J connectivity index is 1.18. The first-order chi connectivity index (χ1) is 16.8. The molecule has 1 saturated heterocycles. The molecule has 10 heteroatoms. The molecule has 2 amide bonds. The van der Waals surface area contributed by atoms with Gasteiger partial charge in [-0.1, -0.05) is 48.5 Å². The van der Waals surface area contributed by atoms with Crippen molar-refractivity contribution in [1.29, 1.82) is 0 Å². The van der Waals surface area contributed by atoms with E-state index in [0.717, 1.165) is 27.2 Å². The van der Waals surface area contributed by atoms with Gasteiger partial charge in [-0.15, -0.1) is 0 Å². The van der Waals surface area contributed by atoms with Crippen LogP contribution < -0.4 is 5.32 Å². The van der Waals surface area contributed by atoms with Crippen LogP contribution in [0.15, 0.2) is 48.5 Å². The maximum Gasteiger partial charge on any atom is 0.407 e. The highest BCUT2D eigenvalue weighted by atomic mass is 19.3. The second-order valence-electron chi connectivity index (χ2n) is 8.93. The third-order valence-corrected chi connectivity index (χ3v) is 6.97. The summed E-state index contributed by atoms with van der Waals surface area (Å²) < 4.78 is 39.2. The highest BCUT2D eigenvalue weighted by molar-refractivity contribution is 5.88. The fourth-order valence-electron chi connectivity index (χ4n) is 5.07. The van der Waals surface area contributed by atoms with Crippen LogP contribution in [-0.2, 0) is 19.1 Å².